The van der Waals surface area contributed by atoms with Crippen molar-refractivity contribution in [2.45, 2.75) is 43.8 Å². The lowest BCUT2D eigenvalue weighted by Gasteiger charge is -2.41. The highest BCUT2D eigenvalue weighted by atomic mass is 32.2. The maximum absolute atomic E-state index is 12.8. The molecule has 258 valence electrons. The SMILES string of the molecule is C[C@H]1[C@@H](CSc2nc(-c3ccccc3)c(-c3ccccc3)o2)O[C@@H](c2cccc(NC(=O)NCc3ccccc3)c2)O[C@H]1c1ccc(CO)cc1. The van der Waals surface area contributed by atoms with Crippen LogP contribution in [0.4, 0.5) is 10.5 Å². The Bertz CT molecular complexity index is 1970. The first kappa shape index (κ1) is 34.3. The summed E-state index contributed by atoms with van der Waals surface area (Å²) in [5.74, 6) is 1.26. The Morgan fingerprint density at radius 3 is 2.16 bits per heavy atom. The number of carbonyl (C=O) groups excluding carboxylic acids is 1. The molecule has 3 N–H and O–H groups in total. The molecule has 0 spiro atoms. The number of benzene rings is 5. The minimum absolute atomic E-state index is 0.0306. The van der Waals surface area contributed by atoms with Gasteiger partial charge in [-0.25, -0.2) is 9.78 Å². The standard InChI is InChI=1S/C42H39N3O5S/c1-28-36(27-51-42-45-37(31-14-7-3-8-15-31)39(50-42)32-16-9-4-10-17-32)48-40(49-38(28)33-22-20-30(26-46)21-23-33)34-18-11-19-35(24-34)44-41(47)43-25-29-12-5-2-6-13-29/h2-24,28,36,38,40,46H,25-27H2,1H3,(H2,43,44,47)/t28-,36+,38+,40+/m0/s1. The van der Waals surface area contributed by atoms with Crippen LogP contribution in [-0.4, -0.2) is 28.0 Å². The third-order valence-corrected chi connectivity index (χ3v) is 9.81. The van der Waals surface area contributed by atoms with Crippen LogP contribution in [-0.2, 0) is 22.6 Å². The van der Waals surface area contributed by atoms with Crippen LogP contribution < -0.4 is 10.6 Å². The molecule has 2 heterocycles. The molecule has 2 amide bonds. The molecule has 0 saturated carbocycles. The minimum Gasteiger partial charge on any atom is -0.431 e. The first-order valence-corrected chi connectivity index (χ1v) is 18.0. The Labute approximate surface area is 301 Å². The number of hydrogen-bond acceptors (Lipinski definition) is 7. The number of nitrogens with one attached hydrogen (secondary N) is 2. The number of rotatable bonds is 11. The Hall–Kier alpha value is -5.19. The van der Waals surface area contributed by atoms with E-state index in [0.29, 0.717) is 23.2 Å². The lowest BCUT2D eigenvalue weighted by molar-refractivity contribution is -0.268. The van der Waals surface area contributed by atoms with Crippen LogP contribution in [0.25, 0.3) is 22.6 Å². The van der Waals surface area contributed by atoms with Crippen LogP contribution >= 0.6 is 11.8 Å². The average Bonchev–Trinajstić information content (AvgIpc) is 3.62. The highest BCUT2D eigenvalue weighted by molar-refractivity contribution is 7.99. The van der Waals surface area contributed by atoms with Gasteiger partial charge in [-0.15, -0.1) is 0 Å². The van der Waals surface area contributed by atoms with Crippen molar-refractivity contribution in [1.82, 2.24) is 10.3 Å². The highest BCUT2D eigenvalue weighted by Gasteiger charge is 2.39. The normalized spacial score (nSPS) is 18.6. The van der Waals surface area contributed by atoms with E-state index in [4.69, 9.17) is 18.9 Å². The van der Waals surface area contributed by atoms with Crippen LogP contribution in [0.2, 0.25) is 0 Å². The van der Waals surface area contributed by atoms with E-state index in [2.05, 4.69) is 17.6 Å². The number of aliphatic hydroxyl groups excluding tert-OH is 1. The zero-order valence-corrected chi connectivity index (χ0v) is 29.0. The second-order valence-electron chi connectivity index (χ2n) is 12.4. The fourth-order valence-electron chi connectivity index (χ4n) is 6.12. The van der Waals surface area contributed by atoms with E-state index in [9.17, 15) is 9.90 Å². The summed E-state index contributed by atoms with van der Waals surface area (Å²) in [6, 6.07) is 44.9. The monoisotopic (exact) mass is 697 g/mol. The number of anilines is 1. The van der Waals surface area contributed by atoms with Crippen molar-refractivity contribution in [2.75, 3.05) is 11.1 Å². The second-order valence-corrected chi connectivity index (χ2v) is 13.4. The van der Waals surface area contributed by atoms with Crippen molar-refractivity contribution in [3.8, 4) is 22.6 Å². The number of hydrogen-bond donors (Lipinski definition) is 3. The number of urea groups is 1. The predicted molar refractivity (Wildman–Crippen MR) is 200 cm³/mol. The minimum atomic E-state index is -0.701. The summed E-state index contributed by atoms with van der Waals surface area (Å²) in [6.07, 6.45) is -1.24. The van der Waals surface area contributed by atoms with E-state index in [-0.39, 0.29) is 30.8 Å². The van der Waals surface area contributed by atoms with Crippen LogP contribution in [0.1, 0.15) is 41.6 Å². The summed E-state index contributed by atoms with van der Waals surface area (Å²) >= 11 is 1.51. The number of aliphatic hydroxyl groups is 1. The van der Waals surface area contributed by atoms with Gasteiger partial charge in [-0.2, -0.15) is 0 Å². The molecule has 0 bridgehead atoms. The molecule has 1 fully saturated rings. The molecule has 1 aliphatic heterocycles. The van der Waals surface area contributed by atoms with E-state index in [1.54, 1.807) is 0 Å². The van der Waals surface area contributed by atoms with Gasteiger partial charge in [-0.1, -0.05) is 146 Å². The Kier molecular flexibility index (Phi) is 10.9. The molecule has 0 aliphatic carbocycles. The number of ether oxygens (including phenoxy) is 2. The molecule has 4 atom stereocenters. The number of thioether (sulfide) groups is 1. The van der Waals surface area contributed by atoms with Gasteiger partial charge < -0.3 is 29.6 Å². The zero-order valence-electron chi connectivity index (χ0n) is 28.1. The number of amides is 2. The van der Waals surface area contributed by atoms with Gasteiger partial charge in [0, 0.05) is 40.6 Å². The molecule has 9 heteroatoms. The largest absolute Gasteiger partial charge is 0.431 e. The summed E-state index contributed by atoms with van der Waals surface area (Å²) in [5.41, 5.74) is 6.98. The molecular formula is C42H39N3O5S. The Morgan fingerprint density at radius 2 is 1.45 bits per heavy atom. The van der Waals surface area contributed by atoms with Crippen molar-refractivity contribution in [3.63, 3.8) is 0 Å². The van der Waals surface area contributed by atoms with Crippen molar-refractivity contribution < 1.29 is 23.8 Å². The fraction of sp³-hybridized carbons (Fsp3) is 0.190. The van der Waals surface area contributed by atoms with E-state index in [1.165, 1.54) is 11.8 Å². The molecule has 5 aromatic carbocycles. The van der Waals surface area contributed by atoms with Crippen molar-refractivity contribution in [3.05, 3.63) is 162 Å². The molecule has 0 unspecified atom stereocenters. The van der Waals surface area contributed by atoms with Gasteiger partial charge in [0.1, 0.15) is 5.69 Å². The van der Waals surface area contributed by atoms with Gasteiger partial charge in [0.05, 0.1) is 18.8 Å². The lowest BCUT2D eigenvalue weighted by Crippen LogP contribution is -2.38. The third kappa shape index (κ3) is 8.41. The van der Waals surface area contributed by atoms with Crippen molar-refractivity contribution >= 4 is 23.5 Å². The number of nitrogens with zero attached hydrogens (tertiary/aromatic N) is 1. The average molecular weight is 698 g/mol. The van der Waals surface area contributed by atoms with E-state index < -0.39 is 6.29 Å². The third-order valence-electron chi connectivity index (χ3n) is 8.90. The smallest absolute Gasteiger partial charge is 0.319 e. The summed E-state index contributed by atoms with van der Waals surface area (Å²) in [7, 11) is 0. The second kappa shape index (κ2) is 16.2. The molecular weight excluding hydrogens is 659 g/mol. The number of carbonyl (C=O) groups is 1. The van der Waals surface area contributed by atoms with Crippen LogP contribution in [0.3, 0.4) is 0 Å². The van der Waals surface area contributed by atoms with Gasteiger partial charge in [0.2, 0.25) is 0 Å². The van der Waals surface area contributed by atoms with Gasteiger partial charge in [-0.3, -0.25) is 0 Å². The molecule has 0 radical (unpaired) electrons. The van der Waals surface area contributed by atoms with Crippen LogP contribution in [0.5, 0.6) is 0 Å². The van der Waals surface area contributed by atoms with Crippen LogP contribution in [0.15, 0.2) is 149 Å². The molecule has 1 saturated heterocycles. The maximum atomic E-state index is 12.8. The topological polar surface area (TPSA) is 106 Å². The first-order valence-electron chi connectivity index (χ1n) is 17.0. The molecule has 1 aliphatic rings. The van der Waals surface area contributed by atoms with Crippen molar-refractivity contribution in [2.24, 2.45) is 5.92 Å². The molecule has 8 nitrogen and oxygen atoms in total. The molecule has 6 aromatic rings. The van der Waals surface area contributed by atoms with Gasteiger partial charge in [0.25, 0.3) is 5.22 Å². The Balaban J connectivity index is 1.12. The number of oxazole rings is 1. The first-order chi connectivity index (χ1) is 25.0. The van der Waals surface area contributed by atoms with Crippen LogP contribution in [0, 0.1) is 5.92 Å². The lowest BCUT2D eigenvalue weighted by atomic mass is 9.91. The quantitative estimate of drug-likeness (QED) is 0.116. The van der Waals surface area contributed by atoms with E-state index in [0.717, 1.165) is 44.8 Å². The molecule has 7 rings (SSSR count). The Morgan fingerprint density at radius 1 is 0.765 bits per heavy atom. The summed E-state index contributed by atoms with van der Waals surface area (Å²) in [6.45, 7) is 2.51. The van der Waals surface area contributed by atoms with Gasteiger partial charge in [-0.05, 0) is 28.8 Å². The van der Waals surface area contributed by atoms with Gasteiger partial charge in [0.15, 0.2) is 12.1 Å². The van der Waals surface area contributed by atoms with E-state index >= 15 is 0 Å². The summed E-state index contributed by atoms with van der Waals surface area (Å²) in [4.78, 5) is 17.7. The molecule has 51 heavy (non-hydrogen) atoms. The van der Waals surface area contributed by atoms with E-state index in [1.807, 2.05) is 140 Å². The van der Waals surface area contributed by atoms with Gasteiger partial charge >= 0.3 is 6.03 Å². The van der Waals surface area contributed by atoms with Crippen molar-refractivity contribution in [1.29, 1.82) is 0 Å². The number of aromatic nitrogens is 1. The zero-order chi connectivity index (χ0) is 35.0. The highest BCUT2D eigenvalue weighted by Crippen LogP contribution is 2.44. The fourth-order valence-corrected chi connectivity index (χ4v) is 7.11. The summed E-state index contributed by atoms with van der Waals surface area (Å²) in [5, 5.41) is 16.1. The maximum Gasteiger partial charge on any atom is 0.319 e. The summed E-state index contributed by atoms with van der Waals surface area (Å²) < 4.78 is 19.8. The molecule has 1 aromatic heterocycles. The predicted octanol–water partition coefficient (Wildman–Crippen LogP) is 9.41.